The van der Waals surface area contributed by atoms with Gasteiger partial charge in [0.05, 0.1) is 45.7 Å². The summed E-state index contributed by atoms with van der Waals surface area (Å²) in [6.07, 6.45) is 3.45. The first-order chi connectivity index (χ1) is 24.7. The molecule has 0 fully saturated rings. The summed E-state index contributed by atoms with van der Waals surface area (Å²) in [7, 11) is -7.49. The van der Waals surface area contributed by atoms with Crippen LogP contribution in [0.25, 0.3) is 33.6 Å². The smallest absolute Gasteiger partial charge is 0.241 e. The largest absolute Gasteiger partial charge is 0.341 e. The summed E-state index contributed by atoms with van der Waals surface area (Å²) in [5, 5.41) is 0. The van der Waals surface area contributed by atoms with Crippen molar-refractivity contribution in [3.8, 4) is 33.6 Å². The molecular weight excluding hydrogens is 693 g/mol. The second kappa shape index (κ2) is 15.0. The highest BCUT2D eigenvalue weighted by atomic mass is 32.2. The number of nitrogens with one attached hydrogen (secondary N) is 4. The van der Waals surface area contributed by atoms with Gasteiger partial charge in [-0.05, 0) is 72.2 Å². The number of hydrogen-bond donors (Lipinski definition) is 4. The number of rotatable bonds is 13. The Labute approximate surface area is 306 Å². The third-order valence-electron chi connectivity index (χ3n) is 9.07. The highest BCUT2D eigenvalue weighted by molar-refractivity contribution is 7.89. The normalized spacial score (nSPS) is 13.5. The Hall–Kier alpha value is -4.88. The number of aromatic amines is 2. The molecule has 10 nitrogen and oxygen atoms in total. The maximum atomic E-state index is 13.2. The Morgan fingerprint density at radius 3 is 1.10 bits per heavy atom. The molecule has 0 amide bonds. The van der Waals surface area contributed by atoms with Crippen LogP contribution in [0.4, 0.5) is 0 Å². The predicted molar refractivity (Wildman–Crippen MR) is 205 cm³/mol. The Kier molecular flexibility index (Phi) is 10.6. The molecule has 0 aliphatic heterocycles. The molecule has 2 unspecified atom stereocenters. The zero-order valence-corrected chi connectivity index (χ0v) is 31.7. The fourth-order valence-corrected chi connectivity index (χ4v) is 8.58. The molecule has 0 spiro atoms. The van der Waals surface area contributed by atoms with E-state index in [4.69, 9.17) is 0 Å². The minimum Gasteiger partial charge on any atom is -0.341 e. The van der Waals surface area contributed by atoms with Gasteiger partial charge in [-0.15, -0.1) is 0 Å². The van der Waals surface area contributed by atoms with Crippen LogP contribution in [-0.4, -0.2) is 36.8 Å². The molecule has 270 valence electrons. The highest BCUT2D eigenvalue weighted by Gasteiger charge is 2.28. The van der Waals surface area contributed by atoms with Crippen LogP contribution in [-0.2, 0) is 20.0 Å². The van der Waals surface area contributed by atoms with E-state index in [-0.39, 0.29) is 21.6 Å². The van der Waals surface area contributed by atoms with E-state index in [1.807, 2.05) is 90.1 Å². The first-order valence-electron chi connectivity index (χ1n) is 17.2. The summed E-state index contributed by atoms with van der Waals surface area (Å²) in [4.78, 5) is 16.2. The van der Waals surface area contributed by atoms with Crippen LogP contribution in [0.5, 0.6) is 0 Å². The van der Waals surface area contributed by atoms with Gasteiger partial charge in [-0.3, -0.25) is 0 Å². The van der Waals surface area contributed by atoms with Gasteiger partial charge < -0.3 is 9.97 Å². The van der Waals surface area contributed by atoms with Gasteiger partial charge in [-0.25, -0.2) is 36.2 Å². The van der Waals surface area contributed by atoms with E-state index in [0.29, 0.717) is 11.6 Å². The number of benzene rings is 4. The maximum absolute atomic E-state index is 13.2. The average molecular weight is 737 g/mol. The number of sulfonamides is 2. The van der Waals surface area contributed by atoms with E-state index < -0.39 is 32.1 Å². The van der Waals surface area contributed by atoms with Crippen molar-refractivity contribution in [3.05, 3.63) is 132 Å². The molecule has 2 heterocycles. The summed E-state index contributed by atoms with van der Waals surface area (Å²) in [5.41, 5.74) is 7.44. The quantitative estimate of drug-likeness (QED) is 0.0942. The Bertz CT molecular complexity index is 2180. The van der Waals surface area contributed by atoms with Crippen LogP contribution in [0.1, 0.15) is 62.6 Å². The van der Waals surface area contributed by atoms with Crippen LogP contribution < -0.4 is 9.44 Å². The average Bonchev–Trinajstić information content (AvgIpc) is 3.81. The number of hydrogen-bond acceptors (Lipinski definition) is 6. The molecule has 4 N–H and O–H groups in total. The van der Waals surface area contributed by atoms with E-state index in [9.17, 15) is 16.8 Å². The van der Waals surface area contributed by atoms with Crippen molar-refractivity contribution in [1.29, 1.82) is 0 Å². The third-order valence-corrected chi connectivity index (χ3v) is 12.0. The van der Waals surface area contributed by atoms with E-state index in [1.165, 1.54) is 0 Å². The molecule has 0 saturated heterocycles. The molecule has 2 atom stereocenters. The van der Waals surface area contributed by atoms with E-state index >= 15 is 0 Å². The van der Waals surface area contributed by atoms with Gasteiger partial charge in [0.1, 0.15) is 11.6 Å². The topological polar surface area (TPSA) is 150 Å². The summed E-state index contributed by atoms with van der Waals surface area (Å²) in [6.45, 7) is 11.7. The molecule has 12 heteroatoms. The van der Waals surface area contributed by atoms with Gasteiger partial charge in [0.2, 0.25) is 20.0 Å². The lowest BCUT2D eigenvalue weighted by Gasteiger charge is -2.20. The molecule has 0 aliphatic carbocycles. The molecule has 6 aromatic rings. The van der Waals surface area contributed by atoms with E-state index in [0.717, 1.165) is 44.8 Å². The summed E-state index contributed by atoms with van der Waals surface area (Å²) < 4.78 is 58.3. The first-order valence-corrected chi connectivity index (χ1v) is 20.2. The lowest BCUT2D eigenvalue weighted by atomic mass is 10.0. The second-order valence-corrected chi connectivity index (χ2v) is 17.3. The van der Waals surface area contributed by atoms with Crippen LogP contribution in [0.3, 0.4) is 0 Å². The van der Waals surface area contributed by atoms with Crippen LogP contribution in [0.15, 0.2) is 119 Å². The molecule has 52 heavy (non-hydrogen) atoms. The van der Waals surface area contributed by atoms with Gasteiger partial charge >= 0.3 is 0 Å². The molecular formula is C40H44N6O4S2. The Balaban J connectivity index is 1.14. The van der Waals surface area contributed by atoms with Gasteiger partial charge in [0.15, 0.2) is 0 Å². The van der Waals surface area contributed by atoms with Gasteiger partial charge in [-0.1, -0.05) is 112 Å². The maximum Gasteiger partial charge on any atom is 0.241 e. The van der Waals surface area contributed by atoms with Crippen molar-refractivity contribution in [2.75, 3.05) is 0 Å². The number of aryl methyl sites for hydroxylation is 2. The minimum atomic E-state index is -3.75. The molecule has 0 saturated carbocycles. The van der Waals surface area contributed by atoms with Gasteiger partial charge in [-0.2, -0.15) is 0 Å². The van der Waals surface area contributed by atoms with E-state index in [2.05, 4.69) is 29.4 Å². The second-order valence-electron chi connectivity index (χ2n) is 13.8. The zero-order valence-electron chi connectivity index (χ0n) is 30.0. The Morgan fingerprint density at radius 2 is 0.788 bits per heavy atom. The SMILES string of the molecule is Cc1ccc(S(=O)(=O)NC(c2ncc(-c3ccc(-c4ccc(-c5cnc(C(NS(=O)(=O)c6ccc(C)cc6)C(C)C)[nH]5)cc4)cc3)[nH]2)C(C)C)cc1. The van der Waals surface area contributed by atoms with Crippen molar-refractivity contribution < 1.29 is 16.8 Å². The summed E-state index contributed by atoms with van der Waals surface area (Å²) in [6, 6.07) is 28.6. The fraction of sp³-hybridized carbons (Fsp3) is 0.250. The molecule has 0 radical (unpaired) electrons. The highest BCUT2D eigenvalue weighted by Crippen LogP contribution is 2.30. The lowest BCUT2D eigenvalue weighted by molar-refractivity contribution is 0.447. The monoisotopic (exact) mass is 736 g/mol. The number of H-pyrrole nitrogens is 2. The van der Waals surface area contributed by atoms with Crippen molar-refractivity contribution in [2.45, 2.75) is 63.4 Å². The molecule has 6 rings (SSSR count). The number of imidazole rings is 2. The fourth-order valence-electron chi connectivity index (χ4n) is 5.89. The van der Waals surface area contributed by atoms with Crippen LogP contribution in [0.2, 0.25) is 0 Å². The molecule has 0 bridgehead atoms. The molecule has 4 aromatic carbocycles. The summed E-state index contributed by atoms with van der Waals surface area (Å²) >= 11 is 0. The number of aromatic nitrogens is 4. The third kappa shape index (κ3) is 8.26. The Morgan fingerprint density at radius 1 is 0.481 bits per heavy atom. The van der Waals surface area contributed by atoms with Gasteiger partial charge in [0.25, 0.3) is 0 Å². The van der Waals surface area contributed by atoms with Gasteiger partial charge in [0, 0.05) is 0 Å². The standard InChI is InChI=1S/C40H44N6O4S2/c1-25(2)37(45-51(47,48)33-19-7-27(5)8-20-33)39-41-23-35(43-39)31-15-11-29(12-16-31)30-13-17-32(18-14-30)36-24-42-40(44-36)38(26(3)4)46-52(49,50)34-21-9-28(6)10-22-34/h7-26,37-38,45-46H,1-6H3,(H,41,43)(H,42,44). The van der Waals surface area contributed by atoms with Crippen LogP contribution in [0, 0.1) is 25.7 Å². The van der Waals surface area contributed by atoms with Crippen molar-refractivity contribution in [1.82, 2.24) is 29.4 Å². The van der Waals surface area contributed by atoms with Crippen molar-refractivity contribution in [2.24, 2.45) is 11.8 Å². The number of nitrogens with zero attached hydrogens (tertiary/aromatic N) is 2. The summed E-state index contributed by atoms with van der Waals surface area (Å²) in [5.74, 6) is 0.995. The molecule has 2 aromatic heterocycles. The van der Waals surface area contributed by atoms with Crippen molar-refractivity contribution in [3.63, 3.8) is 0 Å². The lowest BCUT2D eigenvalue weighted by Crippen LogP contribution is -2.32. The first kappa shape index (κ1) is 36.9. The van der Waals surface area contributed by atoms with E-state index in [1.54, 1.807) is 60.9 Å². The minimum absolute atomic E-state index is 0.0496. The van der Waals surface area contributed by atoms with Crippen LogP contribution >= 0.6 is 0 Å². The molecule has 0 aliphatic rings. The predicted octanol–water partition coefficient (Wildman–Crippen LogP) is 8.10. The zero-order chi connectivity index (χ0) is 37.2. The van der Waals surface area contributed by atoms with Crippen molar-refractivity contribution >= 4 is 20.0 Å².